The van der Waals surface area contributed by atoms with Crippen LogP contribution in [0.5, 0.6) is 0 Å². The van der Waals surface area contributed by atoms with Gasteiger partial charge in [0.1, 0.15) is 5.65 Å². The van der Waals surface area contributed by atoms with E-state index in [0.717, 1.165) is 28.1 Å². The van der Waals surface area contributed by atoms with Crippen molar-refractivity contribution < 1.29 is 4.79 Å². The average Bonchev–Trinajstić information content (AvgIpc) is 3.09. The molecule has 3 heterocycles. The van der Waals surface area contributed by atoms with Crippen LogP contribution in [0.2, 0.25) is 0 Å². The third-order valence-electron chi connectivity index (χ3n) is 4.06. The first-order valence-corrected chi connectivity index (χ1v) is 8.30. The fourth-order valence-corrected chi connectivity index (χ4v) is 2.73. The molecule has 0 unspecified atom stereocenters. The summed E-state index contributed by atoms with van der Waals surface area (Å²) in [5, 5.41) is 2.84. The molecule has 0 bridgehead atoms. The maximum absolute atomic E-state index is 12.1. The topological polar surface area (TPSA) is 72.2 Å². The molecule has 0 aliphatic rings. The van der Waals surface area contributed by atoms with Gasteiger partial charge in [-0.2, -0.15) is 0 Å². The third-order valence-corrected chi connectivity index (χ3v) is 4.06. The second-order valence-corrected chi connectivity index (χ2v) is 5.96. The van der Waals surface area contributed by atoms with E-state index in [1.54, 1.807) is 12.3 Å². The molecule has 0 spiro atoms. The fraction of sp³-hybridized carbons (Fsp3) is 0.100. The Hall–Kier alpha value is -3.54. The first-order chi connectivity index (χ1) is 12.7. The zero-order valence-electron chi connectivity index (χ0n) is 14.3. The van der Waals surface area contributed by atoms with Crippen molar-refractivity contribution in [2.45, 2.75) is 13.5 Å². The number of carbonyl (C=O) groups excluding carboxylic acids is 1. The summed E-state index contributed by atoms with van der Waals surface area (Å²) in [4.78, 5) is 25.3. The summed E-state index contributed by atoms with van der Waals surface area (Å²) in [5.74, 6) is -0.200. The smallest absolute Gasteiger partial charge is 0.244 e. The SMILES string of the molecule is Cc1cccc2nc(CNC(=O)/C=C\c3cnc4ccccc4n3)cn12. The third kappa shape index (κ3) is 3.30. The van der Waals surface area contributed by atoms with Crippen LogP contribution in [0.25, 0.3) is 22.8 Å². The maximum atomic E-state index is 12.1. The highest BCUT2D eigenvalue weighted by molar-refractivity contribution is 5.91. The van der Waals surface area contributed by atoms with Gasteiger partial charge >= 0.3 is 0 Å². The normalized spacial score (nSPS) is 11.4. The van der Waals surface area contributed by atoms with Crippen molar-refractivity contribution >= 4 is 28.7 Å². The lowest BCUT2D eigenvalue weighted by Crippen LogP contribution is -2.20. The lowest BCUT2D eigenvalue weighted by Gasteiger charge is -1.99. The first kappa shape index (κ1) is 16.0. The van der Waals surface area contributed by atoms with Gasteiger partial charge in [0, 0.05) is 18.0 Å². The molecule has 6 nitrogen and oxygen atoms in total. The fourth-order valence-electron chi connectivity index (χ4n) is 2.73. The van der Waals surface area contributed by atoms with Crippen LogP contribution in [0.4, 0.5) is 0 Å². The van der Waals surface area contributed by atoms with Crippen LogP contribution >= 0.6 is 0 Å². The number of nitrogens with zero attached hydrogens (tertiary/aromatic N) is 4. The molecule has 0 aliphatic heterocycles. The number of rotatable bonds is 4. The zero-order valence-corrected chi connectivity index (χ0v) is 14.3. The van der Waals surface area contributed by atoms with Crippen LogP contribution in [0.1, 0.15) is 17.1 Å². The van der Waals surface area contributed by atoms with E-state index in [1.807, 2.05) is 60.0 Å². The van der Waals surface area contributed by atoms with Gasteiger partial charge in [-0.15, -0.1) is 0 Å². The summed E-state index contributed by atoms with van der Waals surface area (Å²) in [5.41, 5.74) is 5.05. The summed E-state index contributed by atoms with van der Waals surface area (Å²) < 4.78 is 2.00. The highest BCUT2D eigenvalue weighted by atomic mass is 16.1. The number of hydrogen-bond acceptors (Lipinski definition) is 4. The van der Waals surface area contributed by atoms with Crippen molar-refractivity contribution in [1.29, 1.82) is 0 Å². The summed E-state index contributed by atoms with van der Waals surface area (Å²) in [7, 11) is 0. The predicted octanol–water partition coefficient (Wildman–Crippen LogP) is 2.92. The summed E-state index contributed by atoms with van der Waals surface area (Å²) in [6, 6.07) is 13.5. The maximum Gasteiger partial charge on any atom is 0.244 e. The van der Waals surface area contributed by atoms with Crippen LogP contribution in [-0.2, 0) is 11.3 Å². The van der Waals surface area contributed by atoms with Gasteiger partial charge < -0.3 is 9.72 Å². The molecule has 0 saturated carbocycles. The molecule has 26 heavy (non-hydrogen) atoms. The van der Waals surface area contributed by atoms with Gasteiger partial charge in [-0.3, -0.25) is 9.78 Å². The van der Waals surface area contributed by atoms with E-state index in [4.69, 9.17) is 0 Å². The van der Waals surface area contributed by atoms with Crippen LogP contribution in [0.3, 0.4) is 0 Å². The summed E-state index contributed by atoms with van der Waals surface area (Å²) in [6.45, 7) is 2.39. The molecule has 0 saturated heterocycles. The molecule has 4 aromatic rings. The number of benzene rings is 1. The Morgan fingerprint density at radius 2 is 1.96 bits per heavy atom. The molecular formula is C20H17N5O. The van der Waals surface area contributed by atoms with E-state index >= 15 is 0 Å². The van der Waals surface area contributed by atoms with Crippen LogP contribution in [-0.4, -0.2) is 25.3 Å². The number of para-hydroxylation sites is 2. The molecule has 128 valence electrons. The molecule has 1 N–H and O–H groups in total. The number of pyridine rings is 1. The predicted molar refractivity (Wildman–Crippen MR) is 100 cm³/mol. The van der Waals surface area contributed by atoms with E-state index in [0.29, 0.717) is 12.2 Å². The number of amides is 1. The van der Waals surface area contributed by atoms with Crippen LogP contribution in [0, 0.1) is 6.92 Å². The molecular weight excluding hydrogens is 326 g/mol. The van der Waals surface area contributed by atoms with Crippen molar-refractivity contribution in [3.63, 3.8) is 0 Å². The van der Waals surface area contributed by atoms with E-state index < -0.39 is 0 Å². The summed E-state index contributed by atoms with van der Waals surface area (Å²) in [6.07, 6.45) is 6.70. The Balaban J connectivity index is 1.42. The minimum atomic E-state index is -0.200. The number of aromatic nitrogens is 4. The molecule has 4 rings (SSSR count). The van der Waals surface area contributed by atoms with Crippen molar-refractivity contribution in [3.8, 4) is 0 Å². The monoisotopic (exact) mass is 343 g/mol. The second kappa shape index (κ2) is 6.76. The highest BCUT2D eigenvalue weighted by Crippen LogP contribution is 2.10. The molecule has 3 aromatic heterocycles. The van der Waals surface area contributed by atoms with Crippen molar-refractivity contribution in [3.05, 3.63) is 78.0 Å². The van der Waals surface area contributed by atoms with Gasteiger partial charge in [-0.1, -0.05) is 18.2 Å². The number of fused-ring (bicyclic) bond motifs is 2. The Bertz CT molecular complexity index is 1130. The number of nitrogens with one attached hydrogen (secondary N) is 1. The van der Waals surface area contributed by atoms with E-state index in [-0.39, 0.29) is 5.91 Å². The molecule has 0 atom stereocenters. The average molecular weight is 343 g/mol. The van der Waals surface area contributed by atoms with E-state index in [9.17, 15) is 4.79 Å². The Morgan fingerprint density at radius 1 is 1.12 bits per heavy atom. The molecule has 0 radical (unpaired) electrons. The Kier molecular flexibility index (Phi) is 4.15. The number of carbonyl (C=O) groups is 1. The standard InChI is InChI=1S/C20H17N5O/c1-14-5-4-8-19-24-16(13-25(14)19)12-22-20(26)10-9-15-11-21-17-6-2-3-7-18(17)23-15/h2-11,13H,12H2,1H3,(H,22,26)/b10-9-. The molecule has 1 amide bonds. The van der Waals surface area contributed by atoms with Crippen LogP contribution < -0.4 is 5.32 Å². The van der Waals surface area contributed by atoms with Gasteiger partial charge in [0.2, 0.25) is 5.91 Å². The van der Waals surface area contributed by atoms with E-state index in [1.165, 1.54) is 6.08 Å². The second-order valence-electron chi connectivity index (χ2n) is 5.96. The Labute approximate surface area is 150 Å². The van der Waals surface area contributed by atoms with Crippen molar-refractivity contribution in [2.75, 3.05) is 0 Å². The molecule has 6 heteroatoms. The largest absolute Gasteiger partial charge is 0.347 e. The number of hydrogen-bond donors (Lipinski definition) is 1. The first-order valence-electron chi connectivity index (χ1n) is 8.30. The quantitative estimate of drug-likeness (QED) is 0.578. The Morgan fingerprint density at radius 3 is 2.81 bits per heavy atom. The van der Waals surface area contributed by atoms with Gasteiger partial charge in [-0.25, -0.2) is 9.97 Å². The van der Waals surface area contributed by atoms with Crippen molar-refractivity contribution in [2.24, 2.45) is 0 Å². The van der Waals surface area contributed by atoms with Crippen molar-refractivity contribution in [1.82, 2.24) is 24.7 Å². The zero-order chi connectivity index (χ0) is 17.9. The number of imidazole rings is 1. The van der Waals surface area contributed by atoms with Gasteiger partial charge in [0.25, 0.3) is 0 Å². The lowest BCUT2D eigenvalue weighted by molar-refractivity contribution is -0.116. The number of aryl methyl sites for hydroxylation is 1. The summed E-state index contributed by atoms with van der Waals surface area (Å²) >= 11 is 0. The van der Waals surface area contributed by atoms with Crippen LogP contribution in [0.15, 0.2) is 60.9 Å². The van der Waals surface area contributed by atoms with Gasteiger partial charge in [0.05, 0.1) is 35.2 Å². The minimum absolute atomic E-state index is 0.200. The molecule has 0 fully saturated rings. The molecule has 0 aliphatic carbocycles. The minimum Gasteiger partial charge on any atom is -0.347 e. The van der Waals surface area contributed by atoms with E-state index in [2.05, 4.69) is 20.3 Å². The molecule has 1 aromatic carbocycles. The van der Waals surface area contributed by atoms with Gasteiger partial charge in [-0.05, 0) is 37.3 Å². The van der Waals surface area contributed by atoms with Gasteiger partial charge in [0.15, 0.2) is 0 Å². The highest BCUT2D eigenvalue weighted by Gasteiger charge is 2.04. The lowest BCUT2D eigenvalue weighted by atomic mass is 10.3.